The van der Waals surface area contributed by atoms with Crippen molar-refractivity contribution in [1.82, 2.24) is 15.1 Å². The standard InChI is InChI=1S/C19H33N5S.HI/c1-16(2)24-8-4-6-17(15-24)14-21-19(20-3)23-11-9-22(10-12-23)18-7-5-13-25-18;/h5,7,13,16-17H,4,6,8-12,14-15H2,1-3H3,(H,20,21);1H. The van der Waals surface area contributed by atoms with Crippen LogP contribution in [0.25, 0.3) is 0 Å². The lowest BCUT2D eigenvalue weighted by atomic mass is 9.97. The van der Waals surface area contributed by atoms with Crippen LogP contribution in [0.1, 0.15) is 26.7 Å². The molecule has 0 spiro atoms. The molecule has 3 heterocycles. The molecular formula is C19H34IN5S. The normalized spacial score (nSPS) is 22.5. The Kier molecular flexibility index (Phi) is 8.96. The fourth-order valence-corrected chi connectivity index (χ4v) is 4.67. The SMILES string of the molecule is CN=C(NCC1CCCN(C(C)C)C1)N1CCN(c2cccs2)CC1.I. The molecule has 26 heavy (non-hydrogen) atoms. The highest BCUT2D eigenvalue weighted by Crippen LogP contribution is 2.22. The molecule has 5 nitrogen and oxygen atoms in total. The molecule has 2 saturated heterocycles. The van der Waals surface area contributed by atoms with Crippen molar-refractivity contribution in [1.29, 1.82) is 0 Å². The maximum absolute atomic E-state index is 4.54. The quantitative estimate of drug-likeness (QED) is 0.399. The van der Waals surface area contributed by atoms with Gasteiger partial charge in [0.25, 0.3) is 0 Å². The van der Waals surface area contributed by atoms with E-state index in [-0.39, 0.29) is 24.0 Å². The molecule has 2 fully saturated rings. The van der Waals surface area contributed by atoms with Crippen LogP contribution in [0.3, 0.4) is 0 Å². The molecule has 3 rings (SSSR count). The van der Waals surface area contributed by atoms with Gasteiger partial charge in [0.15, 0.2) is 5.96 Å². The summed E-state index contributed by atoms with van der Waals surface area (Å²) >= 11 is 1.83. The lowest BCUT2D eigenvalue weighted by molar-refractivity contribution is 0.140. The average molecular weight is 491 g/mol. The number of hydrogen-bond acceptors (Lipinski definition) is 4. The van der Waals surface area contributed by atoms with E-state index >= 15 is 0 Å². The fraction of sp³-hybridized carbons (Fsp3) is 0.737. The zero-order chi connectivity index (χ0) is 17.6. The molecule has 0 aromatic carbocycles. The fourth-order valence-electron chi connectivity index (χ4n) is 3.89. The molecule has 2 aliphatic rings. The number of guanidine groups is 1. The number of rotatable bonds is 4. The molecule has 0 aliphatic carbocycles. The number of halogens is 1. The summed E-state index contributed by atoms with van der Waals surface area (Å²) in [5.41, 5.74) is 0. The summed E-state index contributed by atoms with van der Waals surface area (Å²) in [6.07, 6.45) is 2.65. The molecule has 2 aliphatic heterocycles. The van der Waals surface area contributed by atoms with Gasteiger partial charge in [0, 0.05) is 52.4 Å². The number of likely N-dealkylation sites (tertiary alicyclic amines) is 1. The first-order valence-corrected chi connectivity index (χ1v) is 10.5. The van der Waals surface area contributed by atoms with E-state index in [1.165, 1.54) is 30.9 Å². The van der Waals surface area contributed by atoms with Gasteiger partial charge in [-0.05, 0) is 56.7 Å². The molecule has 0 bridgehead atoms. The van der Waals surface area contributed by atoms with Crippen molar-refractivity contribution in [3.63, 3.8) is 0 Å². The third-order valence-electron chi connectivity index (χ3n) is 5.44. The van der Waals surface area contributed by atoms with Crippen LogP contribution in [0.4, 0.5) is 5.00 Å². The maximum atomic E-state index is 4.54. The van der Waals surface area contributed by atoms with E-state index < -0.39 is 0 Å². The van der Waals surface area contributed by atoms with Gasteiger partial charge in [0.05, 0.1) is 5.00 Å². The summed E-state index contributed by atoms with van der Waals surface area (Å²) in [5.74, 6) is 1.81. The zero-order valence-electron chi connectivity index (χ0n) is 16.4. The Morgan fingerprint density at radius 3 is 2.65 bits per heavy atom. The number of hydrogen-bond donors (Lipinski definition) is 1. The number of nitrogens with zero attached hydrogens (tertiary/aromatic N) is 4. The van der Waals surface area contributed by atoms with E-state index in [4.69, 9.17) is 0 Å². The lowest BCUT2D eigenvalue weighted by Gasteiger charge is -2.38. The van der Waals surface area contributed by atoms with Crippen molar-refractivity contribution < 1.29 is 0 Å². The van der Waals surface area contributed by atoms with Gasteiger partial charge in [0.1, 0.15) is 0 Å². The third kappa shape index (κ3) is 5.73. The number of anilines is 1. The highest BCUT2D eigenvalue weighted by atomic mass is 127. The molecule has 1 N–H and O–H groups in total. The maximum Gasteiger partial charge on any atom is 0.193 e. The summed E-state index contributed by atoms with van der Waals surface area (Å²) < 4.78 is 0. The highest BCUT2D eigenvalue weighted by Gasteiger charge is 2.24. The molecule has 0 amide bonds. The summed E-state index contributed by atoms with van der Waals surface area (Å²) in [6, 6.07) is 5.02. The van der Waals surface area contributed by atoms with Crippen molar-refractivity contribution in [2.75, 3.05) is 57.8 Å². The zero-order valence-corrected chi connectivity index (χ0v) is 19.5. The predicted octanol–water partition coefficient (Wildman–Crippen LogP) is 3.18. The Labute approximate surface area is 179 Å². The van der Waals surface area contributed by atoms with E-state index in [0.29, 0.717) is 6.04 Å². The summed E-state index contributed by atoms with van der Waals surface area (Å²) in [6.45, 7) is 12.4. The van der Waals surface area contributed by atoms with Crippen LogP contribution in [0.5, 0.6) is 0 Å². The van der Waals surface area contributed by atoms with Gasteiger partial charge in [-0.15, -0.1) is 35.3 Å². The molecule has 1 atom stereocenters. The first-order valence-electron chi connectivity index (χ1n) is 9.65. The smallest absolute Gasteiger partial charge is 0.193 e. The molecule has 1 unspecified atom stereocenters. The number of piperidine rings is 1. The van der Waals surface area contributed by atoms with Crippen LogP contribution in [0.2, 0.25) is 0 Å². The first-order chi connectivity index (χ1) is 12.2. The number of thiophene rings is 1. The minimum atomic E-state index is 0. The second-order valence-corrected chi connectivity index (χ2v) is 8.38. The van der Waals surface area contributed by atoms with Crippen molar-refractivity contribution in [2.45, 2.75) is 32.7 Å². The Hall–Kier alpha value is -0.540. The summed E-state index contributed by atoms with van der Waals surface area (Å²) in [4.78, 5) is 12.0. The van der Waals surface area contributed by atoms with Crippen LogP contribution < -0.4 is 10.2 Å². The van der Waals surface area contributed by atoms with Crippen molar-refractivity contribution in [2.24, 2.45) is 10.9 Å². The van der Waals surface area contributed by atoms with Gasteiger partial charge >= 0.3 is 0 Å². The number of piperazine rings is 1. The van der Waals surface area contributed by atoms with E-state index in [1.54, 1.807) is 0 Å². The average Bonchev–Trinajstić information content (AvgIpc) is 3.18. The van der Waals surface area contributed by atoms with E-state index in [1.807, 2.05) is 18.4 Å². The predicted molar refractivity (Wildman–Crippen MR) is 124 cm³/mol. The lowest BCUT2D eigenvalue weighted by Crippen LogP contribution is -2.53. The van der Waals surface area contributed by atoms with Crippen molar-refractivity contribution >= 4 is 46.3 Å². The molecule has 148 valence electrons. The molecule has 0 radical (unpaired) electrons. The van der Waals surface area contributed by atoms with Gasteiger partial charge in [-0.2, -0.15) is 0 Å². The van der Waals surface area contributed by atoms with E-state index in [2.05, 4.69) is 56.4 Å². The highest BCUT2D eigenvalue weighted by molar-refractivity contribution is 14.0. The van der Waals surface area contributed by atoms with Gasteiger partial charge < -0.3 is 20.0 Å². The van der Waals surface area contributed by atoms with E-state index in [0.717, 1.165) is 44.6 Å². The van der Waals surface area contributed by atoms with Crippen LogP contribution >= 0.6 is 35.3 Å². The first kappa shape index (κ1) is 21.8. The molecule has 7 heteroatoms. The Morgan fingerprint density at radius 2 is 2.04 bits per heavy atom. The Bertz CT molecular complexity index is 540. The van der Waals surface area contributed by atoms with Gasteiger partial charge in [-0.3, -0.25) is 4.99 Å². The van der Waals surface area contributed by atoms with Crippen molar-refractivity contribution in [3.8, 4) is 0 Å². The molecule has 1 aromatic rings. The van der Waals surface area contributed by atoms with Gasteiger partial charge in [-0.25, -0.2) is 0 Å². The minimum Gasteiger partial charge on any atom is -0.360 e. The topological polar surface area (TPSA) is 34.1 Å². The Morgan fingerprint density at radius 1 is 1.27 bits per heavy atom. The van der Waals surface area contributed by atoms with Crippen LogP contribution in [0, 0.1) is 5.92 Å². The second kappa shape index (κ2) is 10.7. The Balaban J connectivity index is 0.00000243. The minimum absolute atomic E-state index is 0. The summed E-state index contributed by atoms with van der Waals surface area (Å²) in [5, 5.41) is 7.20. The monoisotopic (exact) mass is 491 g/mol. The molecular weight excluding hydrogens is 457 g/mol. The summed E-state index contributed by atoms with van der Waals surface area (Å²) in [7, 11) is 1.91. The van der Waals surface area contributed by atoms with Crippen LogP contribution in [-0.4, -0.2) is 74.7 Å². The van der Waals surface area contributed by atoms with Gasteiger partial charge in [-0.1, -0.05) is 0 Å². The number of aliphatic imine (C=N–C) groups is 1. The third-order valence-corrected chi connectivity index (χ3v) is 6.37. The number of nitrogens with one attached hydrogen (secondary N) is 1. The second-order valence-electron chi connectivity index (χ2n) is 7.45. The molecule has 1 aromatic heterocycles. The van der Waals surface area contributed by atoms with Gasteiger partial charge in [0.2, 0.25) is 0 Å². The van der Waals surface area contributed by atoms with Crippen molar-refractivity contribution in [3.05, 3.63) is 17.5 Å². The molecule has 0 saturated carbocycles. The van der Waals surface area contributed by atoms with E-state index in [9.17, 15) is 0 Å². The van der Waals surface area contributed by atoms with Crippen LogP contribution in [0.15, 0.2) is 22.5 Å². The largest absolute Gasteiger partial charge is 0.360 e. The van der Waals surface area contributed by atoms with Crippen LogP contribution in [-0.2, 0) is 0 Å².